The Morgan fingerprint density at radius 1 is 1.10 bits per heavy atom. The van der Waals surface area contributed by atoms with E-state index in [0.717, 1.165) is 6.07 Å². The first-order valence-corrected chi connectivity index (χ1v) is 6.12. The molecule has 20 heavy (non-hydrogen) atoms. The van der Waals surface area contributed by atoms with Gasteiger partial charge in [-0.05, 0) is 35.9 Å². The molecule has 0 aliphatic rings. The van der Waals surface area contributed by atoms with Crippen LogP contribution in [-0.4, -0.2) is 5.11 Å². The van der Waals surface area contributed by atoms with Gasteiger partial charge in [-0.1, -0.05) is 23.7 Å². The van der Waals surface area contributed by atoms with Crippen molar-refractivity contribution < 1.29 is 18.3 Å². The number of nitrogens with one attached hydrogen (secondary N) is 1. The summed E-state index contributed by atoms with van der Waals surface area (Å²) in [4.78, 5) is 0. The summed E-state index contributed by atoms with van der Waals surface area (Å²) in [7, 11) is 0. The van der Waals surface area contributed by atoms with Crippen LogP contribution in [0.25, 0.3) is 0 Å². The number of halogens is 4. The molecule has 0 fully saturated rings. The summed E-state index contributed by atoms with van der Waals surface area (Å²) < 4.78 is 38.6. The van der Waals surface area contributed by atoms with Gasteiger partial charge >= 0.3 is 6.18 Å². The lowest BCUT2D eigenvalue weighted by atomic mass is 10.1. The maximum Gasteiger partial charge on any atom is 0.418 e. The third-order valence-electron chi connectivity index (χ3n) is 2.68. The molecule has 0 radical (unpaired) electrons. The molecule has 0 spiro atoms. The summed E-state index contributed by atoms with van der Waals surface area (Å²) in [5.74, 6) is 0.0662. The van der Waals surface area contributed by atoms with Crippen LogP contribution in [0.1, 0.15) is 11.1 Å². The molecule has 0 aromatic heterocycles. The lowest BCUT2D eigenvalue weighted by Crippen LogP contribution is -2.10. The smallest absolute Gasteiger partial charge is 0.418 e. The first-order chi connectivity index (χ1) is 9.36. The number of phenols is 1. The van der Waals surface area contributed by atoms with Crippen molar-refractivity contribution in [3.05, 3.63) is 58.6 Å². The van der Waals surface area contributed by atoms with E-state index in [-0.39, 0.29) is 23.0 Å². The van der Waals surface area contributed by atoms with Gasteiger partial charge in [0.05, 0.1) is 5.56 Å². The molecule has 0 saturated heterocycles. The third kappa shape index (κ3) is 3.57. The molecule has 0 saturated carbocycles. The fraction of sp³-hybridized carbons (Fsp3) is 0.143. The average Bonchev–Trinajstić information content (AvgIpc) is 2.36. The number of hydrogen-bond acceptors (Lipinski definition) is 2. The molecule has 2 aromatic carbocycles. The molecule has 6 heteroatoms. The van der Waals surface area contributed by atoms with Crippen LogP contribution in [0.3, 0.4) is 0 Å². The van der Waals surface area contributed by atoms with Crippen LogP contribution in [0.5, 0.6) is 5.75 Å². The minimum Gasteiger partial charge on any atom is -0.508 e. The number of alkyl halides is 3. The van der Waals surface area contributed by atoms with Crippen molar-refractivity contribution in [1.82, 2.24) is 0 Å². The molecule has 2 aromatic rings. The SMILES string of the molecule is Oc1cccc(CNc2ccc(Cl)cc2C(F)(F)F)c1. The van der Waals surface area contributed by atoms with Gasteiger partial charge in [-0.2, -0.15) is 13.2 Å². The van der Waals surface area contributed by atoms with Crippen LogP contribution in [-0.2, 0) is 12.7 Å². The second-order valence-electron chi connectivity index (χ2n) is 4.21. The average molecular weight is 302 g/mol. The summed E-state index contributed by atoms with van der Waals surface area (Å²) in [6.45, 7) is 0.166. The maximum absolute atomic E-state index is 12.9. The van der Waals surface area contributed by atoms with Crippen LogP contribution in [0, 0.1) is 0 Å². The number of anilines is 1. The monoisotopic (exact) mass is 301 g/mol. The second-order valence-corrected chi connectivity index (χ2v) is 4.65. The first kappa shape index (κ1) is 14.5. The van der Waals surface area contributed by atoms with Gasteiger partial charge in [0.15, 0.2) is 0 Å². The predicted octanol–water partition coefficient (Wildman–Crippen LogP) is 4.68. The normalized spacial score (nSPS) is 11.4. The second kappa shape index (κ2) is 5.63. The molecule has 0 heterocycles. The van der Waals surface area contributed by atoms with E-state index in [4.69, 9.17) is 11.6 Å². The molecule has 2 rings (SSSR count). The molecule has 0 aliphatic carbocycles. The van der Waals surface area contributed by atoms with Crippen molar-refractivity contribution in [2.24, 2.45) is 0 Å². The highest BCUT2D eigenvalue weighted by molar-refractivity contribution is 6.30. The van der Waals surface area contributed by atoms with Crippen molar-refractivity contribution >= 4 is 17.3 Å². The first-order valence-electron chi connectivity index (χ1n) is 5.75. The maximum atomic E-state index is 12.9. The van der Waals surface area contributed by atoms with Gasteiger partial charge in [0.1, 0.15) is 5.75 Å². The lowest BCUT2D eigenvalue weighted by molar-refractivity contribution is -0.136. The summed E-state index contributed by atoms with van der Waals surface area (Å²) in [5.41, 5.74) is -0.191. The Bertz CT molecular complexity index is 614. The highest BCUT2D eigenvalue weighted by Gasteiger charge is 2.33. The highest BCUT2D eigenvalue weighted by Crippen LogP contribution is 2.36. The number of phenolic OH excluding ortho intramolecular Hbond substituents is 1. The zero-order valence-corrected chi connectivity index (χ0v) is 11.0. The predicted molar refractivity (Wildman–Crippen MR) is 71.9 cm³/mol. The van der Waals surface area contributed by atoms with Crippen LogP contribution in [0.4, 0.5) is 18.9 Å². The minimum absolute atomic E-state index is 0.0280. The van der Waals surface area contributed by atoms with Crippen LogP contribution in [0.15, 0.2) is 42.5 Å². The Balaban J connectivity index is 2.21. The Labute approximate surface area is 118 Å². The van der Waals surface area contributed by atoms with E-state index in [1.54, 1.807) is 12.1 Å². The Kier molecular flexibility index (Phi) is 4.09. The van der Waals surface area contributed by atoms with Crippen molar-refractivity contribution in [1.29, 1.82) is 0 Å². The summed E-state index contributed by atoms with van der Waals surface area (Å²) in [6.07, 6.45) is -4.48. The van der Waals surface area contributed by atoms with E-state index in [1.165, 1.54) is 24.3 Å². The van der Waals surface area contributed by atoms with Crippen molar-refractivity contribution in [2.75, 3.05) is 5.32 Å². The molecule has 0 bridgehead atoms. The zero-order chi connectivity index (χ0) is 14.8. The van der Waals surface area contributed by atoms with Gasteiger partial charge in [0.2, 0.25) is 0 Å². The van der Waals surface area contributed by atoms with Crippen LogP contribution < -0.4 is 5.32 Å². The topological polar surface area (TPSA) is 32.3 Å². The van der Waals surface area contributed by atoms with Gasteiger partial charge in [0.25, 0.3) is 0 Å². The minimum atomic E-state index is -4.48. The third-order valence-corrected chi connectivity index (χ3v) is 2.92. The number of benzene rings is 2. The van der Waals surface area contributed by atoms with Gasteiger partial charge in [-0.25, -0.2) is 0 Å². The van der Waals surface area contributed by atoms with Gasteiger partial charge in [-0.3, -0.25) is 0 Å². The Hall–Kier alpha value is -1.88. The fourth-order valence-electron chi connectivity index (χ4n) is 1.77. The quantitative estimate of drug-likeness (QED) is 0.863. The number of hydrogen-bond donors (Lipinski definition) is 2. The highest BCUT2D eigenvalue weighted by atomic mass is 35.5. The van der Waals surface area contributed by atoms with E-state index in [2.05, 4.69) is 5.32 Å². The van der Waals surface area contributed by atoms with E-state index < -0.39 is 11.7 Å². The molecule has 106 valence electrons. The summed E-state index contributed by atoms with van der Waals surface area (Å²) in [5, 5.41) is 12.0. The largest absolute Gasteiger partial charge is 0.508 e. The Morgan fingerprint density at radius 2 is 1.85 bits per heavy atom. The van der Waals surface area contributed by atoms with E-state index >= 15 is 0 Å². The van der Waals surface area contributed by atoms with Crippen LogP contribution >= 0.6 is 11.6 Å². The molecule has 0 unspecified atom stereocenters. The fourth-order valence-corrected chi connectivity index (χ4v) is 1.94. The van der Waals surface area contributed by atoms with Crippen molar-refractivity contribution in [2.45, 2.75) is 12.7 Å². The zero-order valence-electron chi connectivity index (χ0n) is 10.2. The van der Waals surface area contributed by atoms with E-state index in [1.807, 2.05) is 0 Å². The van der Waals surface area contributed by atoms with Gasteiger partial charge in [0, 0.05) is 17.3 Å². The van der Waals surface area contributed by atoms with Crippen molar-refractivity contribution in [3.8, 4) is 5.75 Å². The van der Waals surface area contributed by atoms with Crippen molar-refractivity contribution in [3.63, 3.8) is 0 Å². The summed E-state index contributed by atoms with van der Waals surface area (Å²) >= 11 is 5.60. The van der Waals surface area contributed by atoms with Gasteiger partial charge < -0.3 is 10.4 Å². The number of rotatable bonds is 3. The molecule has 0 atom stereocenters. The molecule has 0 aliphatic heterocycles. The standard InChI is InChI=1S/C14H11ClF3NO/c15-10-4-5-13(12(7-10)14(16,17)18)19-8-9-2-1-3-11(20)6-9/h1-7,19-20H,8H2. The van der Waals surface area contributed by atoms with E-state index in [0.29, 0.717) is 5.56 Å². The lowest BCUT2D eigenvalue weighted by Gasteiger charge is -2.15. The Morgan fingerprint density at radius 3 is 2.50 bits per heavy atom. The molecule has 2 nitrogen and oxygen atoms in total. The summed E-state index contributed by atoms with van der Waals surface area (Å²) in [6, 6.07) is 9.86. The van der Waals surface area contributed by atoms with E-state index in [9.17, 15) is 18.3 Å². The molecular formula is C14H11ClF3NO. The molecule has 0 amide bonds. The van der Waals surface area contributed by atoms with Crippen LogP contribution in [0.2, 0.25) is 5.02 Å². The molecule has 2 N–H and O–H groups in total. The van der Waals surface area contributed by atoms with Gasteiger partial charge in [-0.15, -0.1) is 0 Å². The number of aromatic hydroxyl groups is 1. The molecular weight excluding hydrogens is 291 g/mol.